The molecule has 0 saturated carbocycles. The standard InChI is InChI=1S/Cu.2H2O.Si.Ta/h;2*1H2;;. The van der Waals surface area contributed by atoms with E-state index in [-0.39, 0.29) is 61.4 Å². The summed E-state index contributed by atoms with van der Waals surface area (Å²) in [6.07, 6.45) is 0. The molecule has 0 aromatic heterocycles. The normalized spacial score (nSPS) is 0. The van der Waals surface area contributed by atoms with Crippen molar-refractivity contribution < 1.29 is 50.4 Å². The molecule has 0 unspecified atom stereocenters. The molecule has 0 spiro atoms. The Morgan fingerprint density at radius 2 is 0.800 bits per heavy atom. The van der Waals surface area contributed by atoms with E-state index in [2.05, 4.69) is 0 Å². The molecule has 2 nitrogen and oxygen atoms in total. The third-order valence-electron chi connectivity index (χ3n) is 0. The van der Waals surface area contributed by atoms with Crippen LogP contribution in [0.3, 0.4) is 0 Å². The molecule has 0 aromatic rings. The van der Waals surface area contributed by atoms with Crippen LogP contribution >= 0.6 is 0 Å². The van der Waals surface area contributed by atoms with Crippen molar-refractivity contribution in [2.45, 2.75) is 0 Å². The third-order valence-corrected chi connectivity index (χ3v) is 0. The van der Waals surface area contributed by atoms with Crippen molar-refractivity contribution in [3.05, 3.63) is 0 Å². The second kappa shape index (κ2) is 53.5. The fourth-order valence-corrected chi connectivity index (χ4v) is 0. The van der Waals surface area contributed by atoms with E-state index in [0.29, 0.717) is 0 Å². The summed E-state index contributed by atoms with van der Waals surface area (Å²) in [5.74, 6) is 0. The molecule has 0 saturated heterocycles. The number of hydrogen-bond donors (Lipinski definition) is 0. The van der Waals surface area contributed by atoms with Crippen LogP contribution < -0.4 is 0 Å². The maximum Gasteiger partial charge on any atom is 0 e. The maximum absolute atomic E-state index is 0. The molecule has 0 heterocycles. The zero-order chi connectivity index (χ0) is 0. The van der Waals surface area contributed by atoms with E-state index in [1.165, 1.54) is 0 Å². The molecule has 0 amide bonds. The monoisotopic (exact) mass is 308 g/mol. The fourth-order valence-electron chi connectivity index (χ4n) is 0. The summed E-state index contributed by atoms with van der Waals surface area (Å²) >= 11 is 0. The molecular formula is H4CuO2SiTa. The van der Waals surface area contributed by atoms with Gasteiger partial charge in [0.25, 0.3) is 0 Å². The van der Waals surface area contributed by atoms with E-state index < -0.39 is 0 Å². The van der Waals surface area contributed by atoms with Crippen molar-refractivity contribution in [1.82, 2.24) is 0 Å². The molecule has 6 radical (unpaired) electrons. The van der Waals surface area contributed by atoms with Gasteiger partial charge in [-0.25, -0.2) is 0 Å². The Hall–Kier alpha value is 1.40. The Balaban J connectivity index is 0. The van der Waals surface area contributed by atoms with Crippen LogP contribution in [0.2, 0.25) is 0 Å². The van der Waals surface area contributed by atoms with Crippen molar-refractivity contribution in [2.24, 2.45) is 0 Å². The summed E-state index contributed by atoms with van der Waals surface area (Å²) in [6, 6.07) is 0. The molecule has 0 aliphatic carbocycles. The van der Waals surface area contributed by atoms with Crippen molar-refractivity contribution in [3.63, 3.8) is 0 Å². The minimum atomic E-state index is 0. The Labute approximate surface area is 61.3 Å². The fraction of sp³-hybridized carbons (Fsp3) is 0. The molecule has 0 fully saturated rings. The summed E-state index contributed by atoms with van der Waals surface area (Å²) in [6.45, 7) is 0. The van der Waals surface area contributed by atoms with Gasteiger partial charge in [-0.15, -0.1) is 0 Å². The first-order valence-corrected chi connectivity index (χ1v) is 0. The van der Waals surface area contributed by atoms with E-state index in [1.807, 2.05) is 0 Å². The van der Waals surface area contributed by atoms with Gasteiger partial charge in [-0.05, 0) is 0 Å². The summed E-state index contributed by atoms with van der Waals surface area (Å²) < 4.78 is 0. The predicted molar refractivity (Wildman–Crippen MR) is 13.0 cm³/mol. The zero-order valence-electron chi connectivity index (χ0n) is 2.25. The number of rotatable bonds is 0. The molecule has 0 aliphatic heterocycles. The van der Waals surface area contributed by atoms with Gasteiger partial charge in [0, 0.05) is 50.4 Å². The molecule has 5 heavy (non-hydrogen) atoms. The van der Waals surface area contributed by atoms with E-state index in [0.717, 1.165) is 0 Å². The van der Waals surface area contributed by atoms with E-state index >= 15 is 0 Å². The summed E-state index contributed by atoms with van der Waals surface area (Å²) in [5.41, 5.74) is 0. The first-order chi connectivity index (χ1) is 0. The largest absolute Gasteiger partial charge is 0.412 e. The van der Waals surface area contributed by atoms with Gasteiger partial charge in [0.15, 0.2) is 0 Å². The van der Waals surface area contributed by atoms with Crippen LogP contribution in [-0.4, -0.2) is 21.9 Å². The molecule has 4 N–H and O–H groups in total. The first-order valence-electron chi connectivity index (χ1n) is 0. The Morgan fingerprint density at radius 1 is 0.800 bits per heavy atom. The molecule has 5 heteroatoms. The smallest absolute Gasteiger partial charge is 0 e. The van der Waals surface area contributed by atoms with Gasteiger partial charge >= 0.3 is 0 Å². The van der Waals surface area contributed by atoms with Crippen LogP contribution in [0.1, 0.15) is 0 Å². The van der Waals surface area contributed by atoms with Crippen LogP contribution in [0.15, 0.2) is 0 Å². The van der Waals surface area contributed by atoms with Crippen LogP contribution in [0.4, 0.5) is 0 Å². The first kappa shape index (κ1) is 95.5. The van der Waals surface area contributed by atoms with Crippen molar-refractivity contribution in [3.8, 4) is 0 Å². The summed E-state index contributed by atoms with van der Waals surface area (Å²) in [4.78, 5) is 0. The van der Waals surface area contributed by atoms with Gasteiger partial charge in [-0.2, -0.15) is 0 Å². The van der Waals surface area contributed by atoms with E-state index in [1.54, 1.807) is 0 Å². The third kappa shape index (κ3) is 31.9. The molecule has 0 aliphatic rings. The van der Waals surface area contributed by atoms with Gasteiger partial charge in [0.05, 0.1) is 0 Å². The second-order valence-electron chi connectivity index (χ2n) is 0. The quantitative estimate of drug-likeness (QED) is 0.463. The summed E-state index contributed by atoms with van der Waals surface area (Å²) in [7, 11) is 0. The van der Waals surface area contributed by atoms with Crippen molar-refractivity contribution in [1.29, 1.82) is 0 Å². The van der Waals surface area contributed by atoms with Gasteiger partial charge in [-0.3, -0.25) is 0 Å². The topological polar surface area (TPSA) is 63.0 Å². The molecule has 0 bridgehead atoms. The molecular weight excluding hydrogens is 305 g/mol. The Morgan fingerprint density at radius 3 is 0.800 bits per heavy atom. The van der Waals surface area contributed by atoms with Crippen LogP contribution in [0.25, 0.3) is 0 Å². The average Bonchev–Trinajstić information content (AvgIpc) is 0. The average molecular weight is 309 g/mol. The van der Waals surface area contributed by atoms with E-state index in [4.69, 9.17) is 0 Å². The van der Waals surface area contributed by atoms with Crippen molar-refractivity contribution >= 4 is 11.0 Å². The number of hydrogen-bond acceptors (Lipinski definition) is 0. The van der Waals surface area contributed by atoms with Crippen LogP contribution in [0, 0.1) is 0 Å². The SMILES string of the molecule is O.O.[Cu].[Si].[Ta]. The van der Waals surface area contributed by atoms with Crippen LogP contribution in [0.5, 0.6) is 0 Å². The van der Waals surface area contributed by atoms with Gasteiger partial charge in [-0.1, -0.05) is 0 Å². The van der Waals surface area contributed by atoms with Crippen LogP contribution in [-0.2, 0) is 39.4 Å². The minimum absolute atomic E-state index is 0. The Bertz CT molecular complexity index is 9.61. The van der Waals surface area contributed by atoms with Gasteiger partial charge < -0.3 is 11.0 Å². The predicted octanol–water partition coefficient (Wildman–Crippen LogP) is -2.04. The summed E-state index contributed by atoms with van der Waals surface area (Å²) in [5, 5.41) is 0. The second-order valence-corrected chi connectivity index (χ2v) is 0. The minimum Gasteiger partial charge on any atom is -0.412 e. The maximum atomic E-state index is 0. The molecule has 0 rings (SSSR count). The van der Waals surface area contributed by atoms with Gasteiger partial charge in [0.1, 0.15) is 0 Å². The van der Waals surface area contributed by atoms with E-state index in [9.17, 15) is 0 Å². The van der Waals surface area contributed by atoms with Gasteiger partial charge in [0.2, 0.25) is 0 Å². The molecule has 36 valence electrons. The molecule has 0 aromatic carbocycles. The van der Waals surface area contributed by atoms with Crippen molar-refractivity contribution in [2.75, 3.05) is 0 Å². The Kier molecular flexibility index (Phi) is 1020. The zero-order valence-corrected chi connectivity index (χ0v) is 7.40. The molecule has 0 atom stereocenters.